The van der Waals surface area contributed by atoms with Crippen LogP contribution in [0.5, 0.6) is 0 Å². The molecule has 154 valence electrons. The molecular formula is C24H40ClNO. The summed E-state index contributed by atoms with van der Waals surface area (Å²) < 4.78 is 0. The fraction of sp³-hybridized carbons (Fsp3) is 0.708. The summed E-state index contributed by atoms with van der Waals surface area (Å²) in [6.07, 6.45) is 19.0. The lowest BCUT2D eigenvalue weighted by atomic mass is 10.0. The molecule has 0 radical (unpaired) electrons. The molecule has 0 aliphatic rings. The zero-order chi connectivity index (χ0) is 19.6. The summed E-state index contributed by atoms with van der Waals surface area (Å²) in [7, 11) is 0. The van der Waals surface area contributed by atoms with Gasteiger partial charge in [0, 0.05) is 18.0 Å². The van der Waals surface area contributed by atoms with Crippen molar-refractivity contribution in [3.05, 3.63) is 35.4 Å². The van der Waals surface area contributed by atoms with Crippen LogP contribution in [-0.4, -0.2) is 12.5 Å². The fourth-order valence-corrected chi connectivity index (χ4v) is 3.55. The van der Waals surface area contributed by atoms with Gasteiger partial charge in [0.05, 0.1) is 0 Å². The molecule has 0 saturated heterocycles. The Bertz CT molecular complexity index is 472. The van der Waals surface area contributed by atoms with Gasteiger partial charge < -0.3 is 5.32 Å². The number of carbonyl (C=O) groups is 1. The van der Waals surface area contributed by atoms with Gasteiger partial charge in [0.2, 0.25) is 0 Å². The summed E-state index contributed by atoms with van der Waals surface area (Å²) in [5, 5.41) is 3.01. The fourth-order valence-electron chi connectivity index (χ4n) is 3.37. The van der Waals surface area contributed by atoms with Crippen molar-refractivity contribution in [1.29, 1.82) is 0 Å². The number of carbonyl (C=O) groups excluding carboxylic acids is 1. The molecule has 0 aliphatic heterocycles. The van der Waals surface area contributed by atoms with Crippen molar-refractivity contribution in [2.75, 3.05) is 6.54 Å². The molecule has 1 N–H and O–H groups in total. The molecule has 0 aliphatic carbocycles. The SMILES string of the molecule is CCCCCCCCCCCCCCCCNC(=O)c1ccc(CCl)cc1. The summed E-state index contributed by atoms with van der Waals surface area (Å²) >= 11 is 5.77. The number of halogens is 1. The molecule has 1 aromatic carbocycles. The predicted octanol–water partition coefficient (Wildman–Crippen LogP) is 7.64. The maximum absolute atomic E-state index is 12.0. The second kappa shape index (κ2) is 17.1. The predicted molar refractivity (Wildman–Crippen MR) is 119 cm³/mol. The van der Waals surface area contributed by atoms with Crippen molar-refractivity contribution < 1.29 is 4.79 Å². The van der Waals surface area contributed by atoms with E-state index in [1.54, 1.807) is 0 Å². The molecule has 2 nitrogen and oxygen atoms in total. The first-order chi connectivity index (χ1) is 13.3. The standard InChI is InChI=1S/C24H40ClNO/c1-2-3-4-5-6-7-8-9-10-11-12-13-14-15-20-26-24(27)23-18-16-22(21-25)17-19-23/h16-19H,2-15,20-21H2,1H3,(H,26,27). The van der Waals surface area contributed by atoms with E-state index in [1.165, 1.54) is 83.5 Å². The second-order valence-corrected chi connectivity index (χ2v) is 7.95. The van der Waals surface area contributed by atoms with Crippen LogP contribution >= 0.6 is 11.6 Å². The van der Waals surface area contributed by atoms with Crippen LogP contribution in [0.4, 0.5) is 0 Å². The lowest BCUT2D eigenvalue weighted by Crippen LogP contribution is -2.24. The maximum Gasteiger partial charge on any atom is 0.251 e. The normalized spacial score (nSPS) is 10.9. The zero-order valence-electron chi connectivity index (χ0n) is 17.4. The minimum absolute atomic E-state index is 0.0193. The molecule has 3 heteroatoms. The summed E-state index contributed by atoms with van der Waals surface area (Å²) in [6.45, 7) is 3.05. The molecule has 0 fully saturated rings. The Hall–Kier alpha value is -1.02. The first-order valence-corrected chi connectivity index (χ1v) is 11.7. The van der Waals surface area contributed by atoms with E-state index in [2.05, 4.69) is 12.2 Å². The number of nitrogens with one attached hydrogen (secondary N) is 1. The van der Waals surface area contributed by atoms with E-state index in [9.17, 15) is 4.79 Å². The van der Waals surface area contributed by atoms with E-state index >= 15 is 0 Å². The minimum Gasteiger partial charge on any atom is -0.352 e. The Kier molecular flexibility index (Phi) is 15.2. The van der Waals surface area contributed by atoms with Crippen LogP contribution in [0.25, 0.3) is 0 Å². The third kappa shape index (κ3) is 12.9. The monoisotopic (exact) mass is 393 g/mol. The van der Waals surface area contributed by atoms with Crippen molar-refractivity contribution in [2.24, 2.45) is 0 Å². The van der Waals surface area contributed by atoms with Gasteiger partial charge in [-0.1, -0.05) is 103 Å². The number of hydrogen-bond acceptors (Lipinski definition) is 1. The van der Waals surface area contributed by atoms with E-state index in [-0.39, 0.29) is 5.91 Å². The third-order valence-corrected chi connectivity index (χ3v) is 5.49. The van der Waals surface area contributed by atoms with Gasteiger partial charge in [-0.05, 0) is 24.1 Å². The number of amides is 1. The van der Waals surface area contributed by atoms with Gasteiger partial charge in [-0.25, -0.2) is 0 Å². The highest BCUT2D eigenvalue weighted by Gasteiger charge is 2.04. The topological polar surface area (TPSA) is 29.1 Å². The zero-order valence-corrected chi connectivity index (χ0v) is 18.2. The lowest BCUT2D eigenvalue weighted by Gasteiger charge is -2.06. The summed E-state index contributed by atoms with van der Waals surface area (Å²) in [4.78, 5) is 12.0. The van der Waals surface area contributed by atoms with Gasteiger partial charge in [-0.15, -0.1) is 11.6 Å². The highest BCUT2D eigenvalue weighted by molar-refractivity contribution is 6.17. The van der Waals surface area contributed by atoms with Gasteiger partial charge in [-0.2, -0.15) is 0 Å². The largest absolute Gasteiger partial charge is 0.352 e. The number of rotatable bonds is 17. The van der Waals surface area contributed by atoms with Gasteiger partial charge in [-0.3, -0.25) is 4.79 Å². The van der Waals surface area contributed by atoms with E-state index in [0.29, 0.717) is 11.4 Å². The van der Waals surface area contributed by atoms with Gasteiger partial charge in [0.15, 0.2) is 0 Å². The smallest absolute Gasteiger partial charge is 0.251 e. The number of benzene rings is 1. The van der Waals surface area contributed by atoms with Crippen LogP contribution in [0, 0.1) is 0 Å². The molecule has 0 spiro atoms. The van der Waals surface area contributed by atoms with Crippen LogP contribution in [0.3, 0.4) is 0 Å². The average molecular weight is 394 g/mol. The first-order valence-electron chi connectivity index (χ1n) is 11.2. The Balaban J connectivity index is 1.85. The summed E-state index contributed by atoms with van der Waals surface area (Å²) in [5.41, 5.74) is 1.76. The lowest BCUT2D eigenvalue weighted by molar-refractivity contribution is 0.0953. The molecule has 27 heavy (non-hydrogen) atoms. The van der Waals surface area contributed by atoms with Crippen LogP contribution in [0.1, 0.15) is 113 Å². The van der Waals surface area contributed by atoms with E-state index in [4.69, 9.17) is 11.6 Å². The van der Waals surface area contributed by atoms with Crippen molar-refractivity contribution in [1.82, 2.24) is 5.32 Å². The maximum atomic E-state index is 12.0. The number of hydrogen-bond donors (Lipinski definition) is 1. The van der Waals surface area contributed by atoms with Crippen LogP contribution in [-0.2, 0) is 5.88 Å². The molecule has 1 aromatic rings. The number of alkyl halides is 1. The molecule has 1 amide bonds. The molecule has 1 rings (SSSR count). The van der Waals surface area contributed by atoms with Gasteiger partial charge in [0.1, 0.15) is 0 Å². The molecule has 0 saturated carbocycles. The molecule has 0 heterocycles. The molecular weight excluding hydrogens is 354 g/mol. The Morgan fingerprint density at radius 2 is 1.19 bits per heavy atom. The van der Waals surface area contributed by atoms with Gasteiger partial charge in [0.25, 0.3) is 5.91 Å². The third-order valence-electron chi connectivity index (χ3n) is 5.19. The summed E-state index contributed by atoms with van der Waals surface area (Å²) in [6, 6.07) is 7.51. The van der Waals surface area contributed by atoms with Crippen molar-refractivity contribution >= 4 is 17.5 Å². The van der Waals surface area contributed by atoms with E-state index in [1.807, 2.05) is 24.3 Å². The second-order valence-electron chi connectivity index (χ2n) is 7.68. The van der Waals surface area contributed by atoms with E-state index in [0.717, 1.165) is 18.5 Å². The molecule has 0 bridgehead atoms. The quantitative estimate of drug-likeness (QED) is 0.214. The Labute approximate surface area is 172 Å². The molecule has 0 atom stereocenters. The number of unbranched alkanes of at least 4 members (excludes halogenated alkanes) is 13. The first kappa shape index (κ1) is 24.0. The Morgan fingerprint density at radius 1 is 0.741 bits per heavy atom. The van der Waals surface area contributed by atoms with Crippen LogP contribution in [0.2, 0.25) is 0 Å². The molecule has 0 unspecified atom stereocenters. The van der Waals surface area contributed by atoms with E-state index < -0.39 is 0 Å². The average Bonchev–Trinajstić information content (AvgIpc) is 2.70. The Morgan fingerprint density at radius 3 is 1.63 bits per heavy atom. The molecule has 0 aromatic heterocycles. The van der Waals surface area contributed by atoms with Crippen LogP contribution in [0.15, 0.2) is 24.3 Å². The van der Waals surface area contributed by atoms with Crippen molar-refractivity contribution in [3.63, 3.8) is 0 Å². The summed E-state index contributed by atoms with van der Waals surface area (Å²) in [5.74, 6) is 0.506. The van der Waals surface area contributed by atoms with Crippen molar-refractivity contribution in [3.8, 4) is 0 Å². The van der Waals surface area contributed by atoms with Crippen LogP contribution < -0.4 is 5.32 Å². The van der Waals surface area contributed by atoms with Crippen molar-refractivity contribution in [2.45, 2.75) is 103 Å². The minimum atomic E-state index is 0.0193. The highest BCUT2D eigenvalue weighted by atomic mass is 35.5. The highest BCUT2D eigenvalue weighted by Crippen LogP contribution is 2.13. The van der Waals surface area contributed by atoms with Gasteiger partial charge >= 0.3 is 0 Å².